The molecule has 1 aromatic heterocycles. The van der Waals surface area contributed by atoms with Gasteiger partial charge in [-0.25, -0.2) is 0 Å². The first-order valence-electron chi connectivity index (χ1n) is 8.76. The summed E-state index contributed by atoms with van der Waals surface area (Å²) < 4.78 is 0. The third-order valence-electron chi connectivity index (χ3n) is 5.18. The number of nitrogens with two attached hydrogens (primary N) is 1. The number of para-hydroxylation sites is 1. The first-order chi connectivity index (χ1) is 11.1. The number of rotatable bonds is 5. The number of aromatic amines is 1. The Hall–Kier alpha value is -1.52. The minimum absolute atomic E-state index is 0. The average Bonchev–Trinajstić information content (AvgIpc) is 2.98. The van der Waals surface area contributed by atoms with E-state index in [1.165, 1.54) is 32.1 Å². The fraction of sp³-hybridized carbons (Fsp3) is 0.526. The molecular formula is C19H28ClN3O. The van der Waals surface area contributed by atoms with Crippen LogP contribution in [0, 0.1) is 5.92 Å². The Labute approximate surface area is 150 Å². The van der Waals surface area contributed by atoms with Crippen LogP contribution in [-0.2, 0) is 11.2 Å². The zero-order valence-corrected chi connectivity index (χ0v) is 15.1. The number of amides is 1. The number of nitrogens with one attached hydrogen (secondary N) is 2. The topological polar surface area (TPSA) is 70.9 Å². The largest absolute Gasteiger partial charge is 0.361 e. The van der Waals surface area contributed by atoms with E-state index in [1.54, 1.807) is 0 Å². The van der Waals surface area contributed by atoms with Crippen molar-refractivity contribution in [1.82, 2.24) is 10.3 Å². The van der Waals surface area contributed by atoms with Gasteiger partial charge in [0.1, 0.15) is 0 Å². The minimum atomic E-state index is -0.500. The predicted octanol–water partition coefficient (Wildman–Crippen LogP) is 3.54. The normalized spacial score (nSPS) is 17.9. The molecule has 132 valence electrons. The highest BCUT2D eigenvalue weighted by Crippen LogP contribution is 2.26. The molecule has 1 aliphatic carbocycles. The molecule has 1 heterocycles. The molecule has 0 bridgehead atoms. The van der Waals surface area contributed by atoms with Crippen molar-refractivity contribution in [2.75, 3.05) is 0 Å². The van der Waals surface area contributed by atoms with Gasteiger partial charge < -0.3 is 16.0 Å². The highest BCUT2D eigenvalue weighted by molar-refractivity contribution is 5.86. The van der Waals surface area contributed by atoms with Crippen molar-refractivity contribution >= 4 is 29.2 Å². The first-order valence-corrected chi connectivity index (χ1v) is 8.76. The van der Waals surface area contributed by atoms with E-state index in [2.05, 4.69) is 23.3 Å². The SMILES string of the molecule is CC(NC(=O)[C@@H](N)Cc1c[nH]c2ccccc12)C1CCCCC1.Cl. The van der Waals surface area contributed by atoms with E-state index in [4.69, 9.17) is 5.73 Å². The van der Waals surface area contributed by atoms with Gasteiger partial charge in [0.2, 0.25) is 5.91 Å². The maximum atomic E-state index is 12.4. The molecule has 1 fully saturated rings. The molecule has 0 radical (unpaired) electrons. The molecule has 1 amide bonds. The third kappa shape index (κ3) is 4.31. The van der Waals surface area contributed by atoms with Gasteiger partial charge >= 0.3 is 0 Å². The number of hydrogen-bond acceptors (Lipinski definition) is 2. The molecule has 1 unspecified atom stereocenters. The van der Waals surface area contributed by atoms with Crippen LogP contribution < -0.4 is 11.1 Å². The lowest BCUT2D eigenvalue weighted by Crippen LogP contribution is -2.48. The van der Waals surface area contributed by atoms with Crippen molar-refractivity contribution in [2.24, 2.45) is 11.7 Å². The van der Waals surface area contributed by atoms with Crippen molar-refractivity contribution in [3.05, 3.63) is 36.0 Å². The summed E-state index contributed by atoms with van der Waals surface area (Å²) >= 11 is 0. The lowest BCUT2D eigenvalue weighted by atomic mass is 9.84. The van der Waals surface area contributed by atoms with Crippen molar-refractivity contribution in [3.8, 4) is 0 Å². The second-order valence-corrected chi connectivity index (χ2v) is 6.87. The zero-order chi connectivity index (χ0) is 16.2. The molecule has 1 aliphatic rings. The quantitative estimate of drug-likeness (QED) is 0.772. The molecule has 0 aliphatic heterocycles. The molecule has 4 N–H and O–H groups in total. The standard InChI is InChI=1S/C19H27N3O.ClH/c1-13(14-7-3-2-4-8-14)22-19(23)17(20)11-15-12-21-18-10-6-5-9-16(15)18;/h5-6,9-10,12-14,17,21H,2-4,7-8,11,20H2,1H3,(H,22,23);1H/t13?,17-;/m0./s1. The van der Waals surface area contributed by atoms with E-state index in [9.17, 15) is 4.79 Å². The van der Waals surface area contributed by atoms with E-state index in [1.807, 2.05) is 24.4 Å². The summed E-state index contributed by atoms with van der Waals surface area (Å²) in [7, 11) is 0. The van der Waals surface area contributed by atoms with Gasteiger partial charge in [-0.1, -0.05) is 37.5 Å². The number of benzene rings is 1. The summed E-state index contributed by atoms with van der Waals surface area (Å²) in [6.07, 6.45) is 8.86. The van der Waals surface area contributed by atoms with Gasteiger partial charge in [0, 0.05) is 23.1 Å². The average molecular weight is 350 g/mol. The summed E-state index contributed by atoms with van der Waals surface area (Å²) in [5.41, 5.74) is 8.35. The van der Waals surface area contributed by atoms with Gasteiger partial charge in [-0.3, -0.25) is 4.79 Å². The number of hydrogen-bond donors (Lipinski definition) is 3. The number of halogens is 1. The number of fused-ring (bicyclic) bond motifs is 1. The van der Waals surface area contributed by atoms with Gasteiger partial charge in [-0.05, 0) is 43.7 Å². The molecule has 1 saturated carbocycles. The van der Waals surface area contributed by atoms with Crippen LogP contribution >= 0.6 is 12.4 Å². The Balaban J connectivity index is 0.00000208. The van der Waals surface area contributed by atoms with Crippen LogP contribution in [0.25, 0.3) is 10.9 Å². The molecule has 0 spiro atoms. The smallest absolute Gasteiger partial charge is 0.237 e. The summed E-state index contributed by atoms with van der Waals surface area (Å²) in [5, 5.41) is 4.28. The van der Waals surface area contributed by atoms with Gasteiger partial charge in [-0.15, -0.1) is 12.4 Å². The Morgan fingerprint density at radius 2 is 2.00 bits per heavy atom. The summed E-state index contributed by atoms with van der Waals surface area (Å²) in [6.45, 7) is 2.12. The van der Waals surface area contributed by atoms with Crippen LogP contribution in [0.4, 0.5) is 0 Å². The van der Waals surface area contributed by atoms with Crippen molar-refractivity contribution in [1.29, 1.82) is 0 Å². The van der Waals surface area contributed by atoms with Gasteiger partial charge in [0.05, 0.1) is 6.04 Å². The van der Waals surface area contributed by atoms with Crippen LogP contribution in [0.15, 0.2) is 30.5 Å². The monoisotopic (exact) mass is 349 g/mol. The van der Waals surface area contributed by atoms with E-state index >= 15 is 0 Å². The fourth-order valence-corrected chi connectivity index (χ4v) is 3.71. The zero-order valence-electron chi connectivity index (χ0n) is 14.3. The van der Waals surface area contributed by atoms with Crippen LogP contribution in [0.1, 0.15) is 44.6 Å². The molecule has 5 heteroatoms. The summed E-state index contributed by atoms with van der Waals surface area (Å²) in [6, 6.07) is 7.83. The molecule has 4 nitrogen and oxygen atoms in total. The summed E-state index contributed by atoms with van der Waals surface area (Å²) in [5.74, 6) is 0.571. The number of carbonyl (C=O) groups excluding carboxylic acids is 1. The Morgan fingerprint density at radius 3 is 2.75 bits per heavy atom. The van der Waals surface area contributed by atoms with Gasteiger partial charge in [0.25, 0.3) is 0 Å². The van der Waals surface area contributed by atoms with Crippen LogP contribution in [0.2, 0.25) is 0 Å². The molecule has 0 saturated heterocycles. The highest BCUT2D eigenvalue weighted by atomic mass is 35.5. The maximum absolute atomic E-state index is 12.4. The minimum Gasteiger partial charge on any atom is -0.361 e. The molecule has 2 atom stereocenters. The Kier molecular flexibility index (Phi) is 6.69. The molecule has 3 rings (SSSR count). The second kappa shape index (κ2) is 8.54. The Bertz CT molecular complexity index is 663. The number of carbonyl (C=O) groups is 1. The lowest BCUT2D eigenvalue weighted by molar-refractivity contribution is -0.123. The third-order valence-corrected chi connectivity index (χ3v) is 5.18. The maximum Gasteiger partial charge on any atom is 0.237 e. The van der Waals surface area contributed by atoms with Gasteiger partial charge in [-0.2, -0.15) is 0 Å². The fourth-order valence-electron chi connectivity index (χ4n) is 3.71. The molecule has 24 heavy (non-hydrogen) atoms. The number of aromatic nitrogens is 1. The second-order valence-electron chi connectivity index (χ2n) is 6.87. The molecular weight excluding hydrogens is 322 g/mol. The summed E-state index contributed by atoms with van der Waals surface area (Å²) in [4.78, 5) is 15.6. The Morgan fingerprint density at radius 1 is 1.29 bits per heavy atom. The predicted molar refractivity (Wildman–Crippen MR) is 101 cm³/mol. The van der Waals surface area contributed by atoms with Crippen molar-refractivity contribution in [2.45, 2.75) is 57.5 Å². The van der Waals surface area contributed by atoms with Gasteiger partial charge in [0.15, 0.2) is 0 Å². The van der Waals surface area contributed by atoms with Crippen LogP contribution in [-0.4, -0.2) is 23.0 Å². The molecule has 1 aromatic carbocycles. The van der Waals surface area contributed by atoms with Crippen molar-refractivity contribution < 1.29 is 4.79 Å². The van der Waals surface area contributed by atoms with E-state index in [0.717, 1.165) is 16.5 Å². The van der Waals surface area contributed by atoms with Crippen LogP contribution in [0.5, 0.6) is 0 Å². The van der Waals surface area contributed by atoms with Crippen LogP contribution in [0.3, 0.4) is 0 Å². The van der Waals surface area contributed by atoms with E-state index in [-0.39, 0.29) is 24.4 Å². The lowest BCUT2D eigenvalue weighted by Gasteiger charge is -2.29. The highest BCUT2D eigenvalue weighted by Gasteiger charge is 2.24. The van der Waals surface area contributed by atoms with Crippen molar-refractivity contribution in [3.63, 3.8) is 0 Å². The first kappa shape index (κ1) is 18.8. The van der Waals surface area contributed by atoms with E-state index < -0.39 is 6.04 Å². The number of H-pyrrole nitrogens is 1. The molecule has 2 aromatic rings. The van der Waals surface area contributed by atoms with E-state index in [0.29, 0.717) is 12.3 Å².